The van der Waals surface area contributed by atoms with E-state index in [1.807, 2.05) is 19.9 Å². The number of nitrogens with two attached hydrogens (primary N) is 1. The second-order valence-electron chi connectivity index (χ2n) is 4.58. The molecule has 0 saturated carbocycles. The van der Waals surface area contributed by atoms with E-state index < -0.39 is 0 Å². The van der Waals surface area contributed by atoms with E-state index in [-0.39, 0.29) is 6.10 Å². The van der Waals surface area contributed by atoms with Crippen molar-refractivity contribution in [3.63, 3.8) is 0 Å². The molecule has 3 aromatic heterocycles. The summed E-state index contributed by atoms with van der Waals surface area (Å²) >= 11 is 0. The molecule has 0 unspecified atom stereocenters. The Morgan fingerprint density at radius 3 is 2.75 bits per heavy atom. The molecule has 102 valence electrons. The minimum absolute atomic E-state index is 0.0616. The number of nitrogens with zero attached hydrogens (tertiary/aromatic N) is 5. The first-order valence-corrected chi connectivity index (χ1v) is 6.24. The van der Waals surface area contributed by atoms with Crippen molar-refractivity contribution in [2.75, 3.05) is 5.73 Å². The van der Waals surface area contributed by atoms with E-state index in [1.165, 1.54) is 0 Å². The molecule has 0 atom stereocenters. The van der Waals surface area contributed by atoms with E-state index in [0.29, 0.717) is 17.5 Å². The molecule has 0 radical (unpaired) electrons. The number of aromatic nitrogens is 5. The van der Waals surface area contributed by atoms with Crippen LogP contribution in [0.4, 0.5) is 5.82 Å². The van der Waals surface area contributed by atoms with Crippen LogP contribution in [-0.4, -0.2) is 31.1 Å². The molecule has 20 heavy (non-hydrogen) atoms. The van der Waals surface area contributed by atoms with Crippen LogP contribution in [0.2, 0.25) is 0 Å². The maximum absolute atomic E-state index is 5.81. The number of fused-ring (bicyclic) bond motifs is 1. The molecule has 0 spiro atoms. The van der Waals surface area contributed by atoms with E-state index in [2.05, 4.69) is 20.3 Å². The van der Waals surface area contributed by atoms with Gasteiger partial charge in [-0.2, -0.15) is 5.10 Å². The van der Waals surface area contributed by atoms with Gasteiger partial charge in [0.05, 0.1) is 23.2 Å². The summed E-state index contributed by atoms with van der Waals surface area (Å²) in [6.07, 6.45) is 3.36. The Morgan fingerprint density at radius 2 is 2.05 bits per heavy atom. The van der Waals surface area contributed by atoms with Gasteiger partial charge in [0.25, 0.3) is 0 Å². The Labute approximate surface area is 115 Å². The van der Waals surface area contributed by atoms with E-state index in [4.69, 9.17) is 10.5 Å². The summed E-state index contributed by atoms with van der Waals surface area (Å²) in [4.78, 5) is 4.03. The van der Waals surface area contributed by atoms with Crippen molar-refractivity contribution >= 4 is 16.7 Å². The van der Waals surface area contributed by atoms with E-state index in [9.17, 15) is 0 Å². The number of anilines is 1. The van der Waals surface area contributed by atoms with E-state index in [1.54, 1.807) is 29.2 Å². The fourth-order valence-electron chi connectivity index (χ4n) is 1.89. The molecule has 0 aliphatic heterocycles. The standard InChI is InChI=1S/C13H14N6O/c1-8(2)20-12-4-3-11(17-18-12)19-10-5-6-15-13(14)9(10)7-16-19/h3-8H,1-2H3,(H2,14,15). The molecule has 0 bridgehead atoms. The lowest BCUT2D eigenvalue weighted by Crippen LogP contribution is -2.08. The minimum atomic E-state index is 0.0616. The Hall–Kier alpha value is -2.70. The lowest BCUT2D eigenvalue weighted by atomic mass is 10.3. The molecular formula is C13H14N6O. The summed E-state index contributed by atoms with van der Waals surface area (Å²) < 4.78 is 7.13. The van der Waals surface area contributed by atoms with Gasteiger partial charge < -0.3 is 10.5 Å². The highest BCUT2D eigenvalue weighted by molar-refractivity contribution is 5.88. The third-order valence-electron chi connectivity index (χ3n) is 2.73. The van der Waals surface area contributed by atoms with E-state index >= 15 is 0 Å². The average Bonchev–Trinajstić information content (AvgIpc) is 2.84. The molecule has 7 heteroatoms. The monoisotopic (exact) mass is 270 g/mol. The lowest BCUT2D eigenvalue weighted by Gasteiger charge is -2.08. The van der Waals surface area contributed by atoms with Crippen molar-refractivity contribution in [3.8, 4) is 11.7 Å². The quantitative estimate of drug-likeness (QED) is 0.776. The fraction of sp³-hybridized carbons (Fsp3) is 0.231. The molecule has 3 aromatic rings. The van der Waals surface area contributed by atoms with Gasteiger partial charge in [-0.1, -0.05) is 0 Å². The number of rotatable bonds is 3. The molecule has 0 amide bonds. The molecular weight excluding hydrogens is 256 g/mol. The van der Waals surface area contributed by atoms with Gasteiger partial charge in [0.15, 0.2) is 5.82 Å². The number of nitrogen functional groups attached to an aromatic ring is 1. The lowest BCUT2D eigenvalue weighted by molar-refractivity contribution is 0.230. The summed E-state index contributed by atoms with van der Waals surface area (Å²) in [5, 5.41) is 13.2. The smallest absolute Gasteiger partial charge is 0.233 e. The molecule has 0 saturated heterocycles. The molecule has 7 nitrogen and oxygen atoms in total. The topological polar surface area (TPSA) is 91.7 Å². The summed E-state index contributed by atoms with van der Waals surface area (Å²) in [5.41, 5.74) is 6.64. The second kappa shape index (κ2) is 4.76. The van der Waals surface area contributed by atoms with Crippen LogP contribution in [0.5, 0.6) is 5.88 Å². The van der Waals surface area contributed by atoms with Crippen molar-refractivity contribution in [1.29, 1.82) is 0 Å². The zero-order valence-electron chi connectivity index (χ0n) is 11.2. The highest BCUT2D eigenvalue weighted by Gasteiger charge is 2.09. The van der Waals surface area contributed by atoms with Crippen molar-refractivity contribution in [1.82, 2.24) is 25.0 Å². The van der Waals surface area contributed by atoms with Crippen LogP contribution in [0.15, 0.2) is 30.6 Å². The fourth-order valence-corrected chi connectivity index (χ4v) is 1.89. The molecule has 0 aliphatic carbocycles. The molecule has 0 aromatic carbocycles. The van der Waals surface area contributed by atoms with Gasteiger partial charge in [0.2, 0.25) is 5.88 Å². The van der Waals surface area contributed by atoms with Gasteiger partial charge >= 0.3 is 0 Å². The maximum Gasteiger partial charge on any atom is 0.233 e. The molecule has 2 N–H and O–H groups in total. The normalized spacial score (nSPS) is 11.2. The zero-order chi connectivity index (χ0) is 14.1. The van der Waals surface area contributed by atoms with Gasteiger partial charge in [-0.25, -0.2) is 9.67 Å². The van der Waals surface area contributed by atoms with Crippen LogP contribution in [0.25, 0.3) is 16.7 Å². The summed E-state index contributed by atoms with van der Waals surface area (Å²) in [7, 11) is 0. The van der Waals surface area contributed by atoms with Gasteiger partial charge in [0.1, 0.15) is 5.82 Å². The Balaban J connectivity index is 2.01. The predicted molar refractivity (Wildman–Crippen MR) is 74.6 cm³/mol. The van der Waals surface area contributed by atoms with Crippen molar-refractivity contribution in [2.24, 2.45) is 0 Å². The second-order valence-corrected chi connectivity index (χ2v) is 4.58. The average molecular weight is 270 g/mol. The first-order valence-electron chi connectivity index (χ1n) is 6.24. The highest BCUT2D eigenvalue weighted by Crippen LogP contribution is 2.20. The maximum atomic E-state index is 5.81. The first-order chi connectivity index (χ1) is 9.65. The largest absolute Gasteiger partial charge is 0.474 e. The van der Waals surface area contributed by atoms with Crippen LogP contribution < -0.4 is 10.5 Å². The van der Waals surface area contributed by atoms with Crippen LogP contribution in [0, 0.1) is 0 Å². The van der Waals surface area contributed by atoms with Crippen molar-refractivity contribution < 1.29 is 4.74 Å². The molecule has 0 aliphatic rings. The van der Waals surface area contributed by atoms with Crippen molar-refractivity contribution in [2.45, 2.75) is 20.0 Å². The molecule has 3 rings (SSSR count). The molecule has 3 heterocycles. The van der Waals surface area contributed by atoms with Crippen molar-refractivity contribution in [3.05, 3.63) is 30.6 Å². The summed E-state index contributed by atoms with van der Waals surface area (Å²) in [6.45, 7) is 3.87. The number of pyridine rings is 1. The van der Waals surface area contributed by atoms with Gasteiger partial charge in [-0.05, 0) is 26.0 Å². The highest BCUT2D eigenvalue weighted by atomic mass is 16.5. The van der Waals surface area contributed by atoms with E-state index in [0.717, 1.165) is 10.9 Å². The summed E-state index contributed by atoms with van der Waals surface area (Å²) in [5.74, 6) is 1.53. The minimum Gasteiger partial charge on any atom is -0.474 e. The zero-order valence-corrected chi connectivity index (χ0v) is 11.2. The number of ether oxygens (including phenoxy) is 1. The molecule has 0 fully saturated rings. The van der Waals surface area contributed by atoms with Crippen LogP contribution in [0.1, 0.15) is 13.8 Å². The van der Waals surface area contributed by atoms with Crippen LogP contribution >= 0.6 is 0 Å². The van der Waals surface area contributed by atoms with Crippen LogP contribution in [-0.2, 0) is 0 Å². The van der Waals surface area contributed by atoms with Crippen LogP contribution in [0.3, 0.4) is 0 Å². The number of hydrogen-bond acceptors (Lipinski definition) is 6. The Bertz CT molecular complexity index is 734. The third-order valence-corrected chi connectivity index (χ3v) is 2.73. The SMILES string of the molecule is CC(C)Oc1ccc(-n2ncc3c(N)nccc32)nn1. The predicted octanol–water partition coefficient (Wildman–Crippen LogP) is 1.58. The van der Waals surface area contributed by atoms with Gasteiger partial charge in [0, 0.05) is 12.3 Å². The van der Waals surface area contributed by atoms with Gasteiger partial charge in [-0.3, -0.25) is 0 Å². The Kier molecular flexibility index (Phi) is 2.94. The third kappa shape index (κ3) is 2.13. The Morgan fingerprint density at radius 1 is 1.20 bits per heavy atom. The summed E-state index contributed by atoms with van der Waals surface area (Å²) in [6, 6.07) is 5.40. The number of hydrogen-bond donors (Lipinski definition) is 1. The first kappa shape index (κ1) is 12.3. The van der Waals surface area contributed by atoms with Gasteiger partial charge in [-0.15, -0.1) is 10.2 Å².